The summed E-state index contributed by atoms with van der Waals surface area (Å²) < 4.78 is 3.06. The topological polar surface area (TPSA) is 110 Å². The van der Waals surface area contributed by atoms with Crippen LogP contribution >= 0.6 is 0 Å². The zero-order chi connectivity index (χ0) is 21.5. The van der Waals surface area contributed by atoms with E-state index < -0.39 is 5.91 Å². The van der Waals surface area contributed by atoms with E-state index in [2.05, 4.69) is 25.5 Å². The molecule has 0 atom stereocenters. The largest absolute Gasteiger partial charge is 0.338 e. The zero-order valence-corrected chi connectivity index (χ0v) is 17.1. The fraction of sp³-hybridized carbons (Fsp3) is 0.238. The molecular weight excluding hydrogens is 396 g/mol. The summed E-state index contributed by atoms with van der Waals surface area (Å²) in [6.45, 7) is 3.32. The number of carbonyl (C=O) groups is 2. The maximum Gasteiger partial charge on any atom is 0.274 e. The Bertz CT molecular complexity index is 1320. The Balaban J connectivity index is 1.41. The van der Waals surface area contributed by atoms with Gasteiger partial charge in [0.05, 0.1) is 11.8 Å². The Kier molecular flexibility index (Phi) is 4.46. The van der Waals surface area contributed by atoms with Crippen molar-refractivity contribution < 1.29 is 9.59 Å². The van der Waals surface area contributed by atoms with Crippen LogP contribution in [-0.4, -0.2) is 59.2 Å². The van der Waals surface area contributed by atoms with Crippen molar-refractivity contribution in [3.05, 3.63) is 59.8 Å². The summed E-state index contributed by atoms with van der Waals surface area (Å²) in [7, 11) is 1.65. The number of fused-ring (bicyclic) bond motifs is 1. The van der Waals surface area contributed by atoms with Gasteiger partial charge >= 0.3 is 0 Å². The van der Waals surface area contributed by atoms with E-state index in [9.17, 15) is 9.59 Å². The molecule has 4 aromatic rings. The number of hydrogen-bond donors (Lipinski definition) is 1. The van der Waals surface area contributed by atoms with E-state index in [1.54, 1.807) is 41.0 Å². The molecule has 4 aromatic heterocycles. The first-order valence-corrected chi connectivity index (χ1v) is 9.92. The number of nitrogens with zero attached hydrogens (tertiary/aromatic N) is 7. The fourth-order valence-electron chi connectivity index (χ4n) is 3.51. The quantitative estimate of drug-likeness (QED) is 0.544. The normalized spacial score (nSPS) is 13.3. The summed E-state index contributed by atoms with van der Waals surface area (Å²) >= 11 is 0. The first kappa shape index (κ1) is 18.9. The monoisotopic (exact) mass is 416 g/mol. The van der Waals surface area contributed by atoms with Crippen LogP contribution in [0.3, 0.4) is 0 Å². The lowest BCUT2D eigenvalue weighted by atomic mass is 10.1. The molecule has 156 valence electrons. The third-order valence-corrected chi connectivity index (χ3v) is 5.28. The SMILES string of the molecule is Cc1cc(-c2nc3cc(NC(=O)c4c(C(=O)N5CCC5)cnn4C)ccn3n2)ccn1. The van der Waals surface area contributed by atoms with Gasteiger partial charge in [-0.25, -0.2) is 9.50 Å². The molecule has 1 saturated heterocycles. The van der Waals surface area contributed by atoms with Crippen molar-refractivity contribution >= 4 is 23.1 Å². The van der Waals surface area contributed by atoms with Crippen molar-refractivity contribution in [2.75, 3.05) is 18.4 Å². The molecule has 0 unspecified atom stereocenters. The second kappa shape index (κ2) is 7.31. The molecule has 0 bridgehead atoms. The highest BCUT2D eigenvalue weighted by molar-refractivity contribution is 6.11. The Morgan fingerprint density at radius 1 is 1.16 bits per heavy atom. The lowest BCUT2D eigenvalue weighted by Crippen LogP contribution is -2.42. The number of aromatic nitrogens is 6. The highest BCUT2D eigenvalue weighted by Gasteiger charge is 2.28. The summed E-state index contributed by atoms with van der Waals surface area (Å²) in [6, 6.07) is 7.23. The minimum absolute atomic E-state index is 0.172. The second-order valence-electron chi connectivity index (χ2n) is 7.47. The maximum absolute atomic E-state index is 13.0. The van der Waals surface area contributed by atoms with Crippen LogP contribution in [0.15, 0.2) is 42.9 Å². The Morgan fingerprint density at radius 2 is 2.00 bits per heavy atom. The van der Waals surface area contributed by atoms with Gasteiger partial charge in [0.25, 0.3) is 11.8 Å². The van der Waals surface area contributed by atoms with Gasteiger partial charge in [0, 0.05) is 55.5 Å². The second-order valence-corrected chi connectivity index (χ2v) is 7.47. The van der Waals surface area contributed by atoms with Gasteiger partial charge in [0.15, 0.2) is 11.5 Å². The van der Waals surface area contributed by atoms with E-state index in [1.165, 1.54) is 10.9 Å². The summed E-state index contributed by atoms with van der Waals surface area (Å²) in [5.74, 6) is -0.00421. The zero-order valence-electron chi connectivity index (χ0n) is 17.1. The molecule has 1 fully saturated rings. The van der Waals surface area contributed by atoms with Crippen LogP contribution < -0.4 is 5.32 Å². The molecule has 0 aliphatic carbocycles. The number of likely N-dealkylation sites (tertiary alicyclic amines) is 1. The molecule has 5 heterocycles. The molecule has 5 rings (SSSR count). The number of carbonyl (C=O) groups excluding carboxylic acids is 2. The number of amides is 2. The molecule has 10 heteroatoms. The molecule has 31 heavy (non-hydrogen) atoms. The number of nitrogens with one attached hydrogen (secondary N) is 1. The molecule has 1 aliphatic rings. The van der Waals surface area contributed by atoms with Crippen molar-refractivity contribution in [2.24, 2.45) is 7.05 Å². The van der Waals surface area contributed by atoms with Gasteiger partial charge in [0.2, 0.25) is 0 Å². The van der Waals surface area contributed by atoms with Gasteiger partial charge in [-0.05, 0) is 31.5 Å². The van der Waals surface area contributed by atoms with Crippen LogP contribution in [0.5, 0.6) is 0 Å². The highest BCUT2D eigenvalue weighted by Crippen LogP contribution is 2.20. The van der Waals surface area contributed by atoms with Crippen molar-refractivity contribution in [1.82, 2.24) is 34.3 Å². The molecule has 0 radical (unpaired) electrons. The van der Waals surface area contributed by atoms with Crippen molar-refractivity contribution in [1.29, 1.82) is 0 Å². The van der Waals surface area contributed by atoms with Crippen molar-refractivity contribution in [3.8, 4) is 11.4 Å². The lowest BCUT2D eigenvalue weighted by molar-refractivity contribution is 0.0648. The summed E-state index contributed by atoms with van der Waals surface area (Å²) in [4.78, 5) is 36.0. The molecule has 1 aliphatic heterocycles. The van der Waals surface area contributed by atoms with Crippen LogP contribution in [0.4, 0.5) is 5.69 Å². The predicted octanol–water partition coefficient (Wildman–Crippen LogP) is 1.93. The van der Waals surface area contributed by atoms with Gasteiger partial charge in [-0.1, -0.05) is 0 Å². The van der Waals surface area contributed by atoms with E-state index in [4.69, 9.17) is 0 Å². The number of anilines is 1. The van der Waals surface area contributed by atoms with E-state index in [1.807, 2.05) is 19.1 Å². The first-order chi connectivity index (χ1) is 15.0. The first-order valence-electron chi connectivity index (χ1n) is 9.92. The summed E-state index contributed by atoms with van der Waals surface area (Å²) in [5.41, 5.74) is 3.41. The Morgan fingerprint density at radius 3 is 2.74 bits per heavy atom. The predicted molar refractivity (Wildman–Crippen MR) is 113 cm³/mol. The van der Waals surface area contributed by atoms with E-state index in [0.29, 0.717) is 35.8 Å². The van der Waals surface area contributed by atoms with E-state index in [0.717, 1.165) is 17.7 Å². The van der Waals surface area contributed by atoms with Crippen LogP contribution in [0.2, 0.25) is 0 Å². The Hall–Kier alpha value is -4.08. The number of aryl methyl sites for hydroxylation is 2. The standard InChI is InChI=1S/C21H20N8O2/c1-13-10-14(4-6-22-13)19-25-17-11-15(5-9-29(17)26-19)24-20(30)18-16(12-23-27(18)2)21(31)28-7-3-8-28/h4-6,9-12H,3,7-8H2,1-2H3,(H,24,30). The van der Waals surface area contributed by atoms with Crippen LogP contribution in [0.25, 0.3) is 17.0 Å². The fourth-order valence-corrected chi connectivity index (χ4v) is 3.51. The summed E-state index contributed by atoms with van der Waals surface area (Å²) in [6.07, 6.45) is 5.87. The van der Waals surface area contributed by atoms with Gasteiger partial charge in [-0.15, -0.1) is 5.10 Å². The molecule has 1 N–H and O–H groups in total. The van der Waals surface area contributed by atoms with Crippen molar-refractivity contribution in [3.63, 3.8) is 0 Å². The molecule has 2 amide bonds. The number of hydrogen-bond acceptors (Lipinski definition) is 6. The maximum atomic E-state index is 13.0. The van der Waals surface area contributed by atoms with Gasteiger partial charge < -0.3 is 10.2 Å². The van der Waals surface area contributed by atoms with E-state index >= 15 is 0 Å². The number of rotatable bonds is 4. The molecule has 0 aromatic carbocycles. The summed E-state index contributed by atoms with van der Waals surface area (Å²) in [5, 5.41) is 11.4. The smallest absolute Gasteiger partial charge is 0.274 e. The molecular formula is C21H20N8O2. The van der Waals surface area contributed by atoms with Crippen molar-refractivity contribution in [2.45, 2.75) is 13.3 Å². The van der Waals surface area contributed by atoms with Gasteiger partial charge in [-0.2, -0.15) is 5.10 Å². The molecule has 0 spiro atoms. The van der Waals surface area contributed by atoms with Crippen LogP contribution in [0, 0.1) is 6.92 Å². The molecule has 10 nitrogen and oxygen atoms in total. The van der Waals surface area contributed by atoms with Crippen LogP contribution in [0.1, 0.15) is 33.0 Å². The van der Waals surface area contributed by atoms with Crippen LogP contribution in [-0.2, 0) is 7.05 Å². The minimum Gasteiger partial charge on any atom is -0.338 e. The minimum atomic E-state index is -0.405. The highest BCUT2D eigenvalue weighted by atomic mass is 16.2. The molecule has 0 saturated carbocycles. The number of pyridine rings is 2. The van der Waals surface area contributed by atoms with E-state index in [-0.39, 0.29) is 11.6 Å². The van der Waals surface area contributed by atoms with Gasteiger partial charge in [-0.3, -0.25) is 19.3 Å². The lowest BCUT2D eigenvalue weighted by Gasteiger charge is -2.30. The average molecular weight is 416 g/mol. The average Bonchev–Trinajstić information content (AvgIpc) is 3.29. The van der Waals surface area contributed by atoms with Gasteiger partial charge in [0.1, 0.15) is 5.69 Å². The Labute approximate surface area is 177 Å². The third kappa shape index (κ3) is 3.41. The third-order valence-electron chi connectivity index (χ3n) is 5.28.